The van der Waals surface area contributed by atoms with Crippen LogP contribution >= 0.6 is 0 Å². The molecule has 2 N–H and O–H groups in total. The molecule has 2 rings (SSSR count). The predicted molar refractivity (Wildman–Crippen MR) is 103 cm³/mol. The maximum atomic E-state index is 12.3. The Bertz CT molecular complexity index is 808. The maximum Gasteiger partial charge on any atom is 0.356 e. The molecule has 1 aromatic heterocycles. The number of aromatic carboxylic acids is 1. The van der Waals surface area contributed by atoms with Crippen molar-refractivity contribution >= 4 is 11.9 Å². The van der Waals surface area contributed by atoms with Crippen LogP contribution in [0.2, 0.25) is 0 Å². The molecule has 0 fully saturated rings. The van der Waals surface area contributed by atoms with Gasteiger partial charge in [0.15, 0.2) is 17.2 Å². The van der Waals surface area contributed by atoms with Crippen molar-refractivity contribution in [1.29, 1.82) is 0 Å². The first-order valence-corrected chi connectivity index (χ1v) is 9.13. The summed E-state index contributed by atoms with van der Waals surface area (Å²) in [7, 11) is 1.57. The van der Waals surface area contributed by atoms with Gasteiger partial charge in [-0.25, -0.2) is 14.8 Å². The zero-order chi connectivity index (χ0) is 20.5. The van der Waals surface area contributed by atoms with Crippen LogP contribution in [-0.2, 0) is 0 Å². The van der Waals surface area contributed by atoms with Crippen molar-refractivity contribution in [3.05, 3.63) is 47.5 Å². The van der Waals surface area contributed by atoms with Gasteiger partial charge in [-0.3, -0.25) is 4.79 Å². The lowest BCUT2D eigenvalue weighted by Crippen LogP contribution is -2.27. The first-order valence-electron chi connectivity index (χ1n) is 9.13. The molecule has 1 unspecified atom stereocenters. The van der Waals surface area contributed by atoms with Gasteiger partial charge in [-0.15, -0.1) is 0 Å². The average molecular weight is 387 g/mol. The topological polar surface area (TPSA) is 111 Å². The van der Waals surface area contributed by atoms with E-state index in [9.17, 15) is 9.59 Å². The fourth-order valence-electron chi connectivity index (χ4n) is 2.52. The minimum atomic E-state index is -1.20. The first-order chi connectivity index (χ1) is 13.5. The number of nitrogens with one attached hydrogen (secondary N) is 1. The number of benzene rings is 1. The summed E-state index contributed by atoms with van der Waals surface area (Å²) in [5, 5.41) is 11.6. The minimum Gasteiger partial charge on any atom is -0.493 e. The van der Waals surface area contributed by atoms with E-state index in [1.54, 1.807) is 7.11 Å². The highest BCUT2D eigenvalue weighted by atomic mass is 16.5. The molecule has 2 aromatic rings. The second-order valence-corrected chi connectivity index (χ2v) is 6.25. The Kier molecular flexibility index (Phi) is 7.74. The van der Waals surface area contributed by atoms with Crippen molar-refractivity contribution in [3.63, 3.8) is 0 Å². The van der Waals surface area contributed by atoms with E-state index >= 15 is 0 Å². The van der Waals surface area contributed by atoms with Crippen molar-refractivity contribution in [2.45, 2.75) is 39.2 Å². The standard InChI is InChI=1S/C20H25N3O5/c1-4-5-6-9-28-17-8-7-14(10-18(17)27-3)13(2)23-19(24)15-11-22-16(12-21-15)20(25)26/h7-8,10-13H,4-6,9H2,1-3H3,(H,23,24)(H,25,26). The SMILES string of the molecule is CCCCCOc1ccc(C(C)NC(=O)c2cnc(C(=O)O)cn2)cc1OC. The largest absolute Gasteiger partial charge is 0.493 e. The molecule has 1 aromatic carbocycles. The normalized spacial score (nSPS) is 11.5. The van der Waals surface area contributed by atoms with Gasteiger partial charge in [0.25, 0.3) is 5.91 Å². The van der Waals surface area contributed by atoms with E-state index in [0.717, 1.165) is 37.2 Å². The molecular weight excluding hydrogens is 362 g/mol. The Balaban J connectivity index is 2.03. The molecule has 0 aliphatic heterocycles. The minimum absolute atomic E-state index is 0.0414. The third-order valence-corrected chi connectivity index (χ3v) is 4.14. The van der Waals surface area contributed by atoms with Crippen LogP contribution < -0.4 is 14.8 Å². The molecular formula is C20H25N3O5. The molecule has 0 bridgehead atoms. The number of nitrogens with zero attached hydrogens (tertiary/aromatic N) is 2. The zero-order valence-electron chi connectivity index (χ0n) is 16.3. The van der Waals surface area contributed by atoms with Crippen LogP contribution in [0.3, 0.4) is 0 Å². The van der Waals surface area contributed by atoms with Gasteiger partial charge < -0.3 is 19.9 Å². The van der Waals surface area contributed by atoms with Crippen LogP contribution in [0.15, 0.2) is 30.6 Å². The molecule has 28 heavy (non-hydrogen) atoms. The molecule has 1 atom stereocenters. The van der Waals surface area contributed by atoms with E-state index in [0.29, 0.717) is 18.1 Å². The molecule has 8 nitrogen and oxygen atoms in total. The summed E-state index contributed by atoms with van der Waals surface area (Å²) in [4.78, 5) is 30.7. The van der Waals surface area contributed by atoms with Gasteiger partial charge >= 0.3 is 5.97 Å². The number of amides is 1. The fraction of sp³-hybridized carbons (Fsp3) is 0.400. The first kappa shape index (κ1) is 21.1. The quantitative estimate of drug-likeness (QED) is 0.602. The summed E-state index contributed by atoms with van der Waals surface area (Å²) in [6.07, 6.45) is 5.41. The number of carbonyl (C=O) groups excluding carboxylic acids is 1. The van der Waals surface area contributed by atoms with E-state index in [-0.39, 0.29) is 17.4 Å². The van der Waals surface area contributed by atoms with Crippen molar-refractivity contribution in [3.8, 4) is 11.5 Å². The summed E-state index contributed by atoms with van der Waals surface area (Å²) in [5.41, 5.74) is 0.657. The summed E-state index contributed by atoms with van der Waals surface area (Å²) in [6, 6.07) is 5.18. The second-order valence-electron chi connectivity index (χ2n) is 6.25. The van der Waals surface area contributed by atoms with Crippen LogP contribution in [0, 0.1) is 0 Å². The lowest BCUT2D eigenvalue weighted by Gasteiger charge is -2.17. The number of carboxylic acids is 1. The molecule has 0 spiro atoms. The number of carboxylic acid groups (broad SMARTS) is 1. The lowest BCUT2D eigenvalue weighted by molar-refractivity contribution is 0.0689. The van der Waals surface area contributed by atoms with Gasteiger partial charge in [0.1, 0.15) is 5.69 Å². The number of rotatable bonds is 10. The van der Waals surface area contributed by atoms with Gasteiger partial charge in [-0.05, 0) is 31.0 Å². The summed E-state index contributed by atoms with van der Waals surface area (Å²) < 4.78 is 11.2. The Labute approximate surface area is 163 Å². The number of hydrogen-bond acceptors (Lipinski definition) is 6. The predicted octanol–water partition coefficient (Wildman–Crippen LogP) is 3.24. The molecule has 1 amide bonds. The number of hydrogen-bond donors (Lipinski definition) is 2. The van der Waals surface area contributed by atoms with Gasteiger partial charge in [0.2, 0.25) is 0 Å². The smallest absolute Gasteiger partial charge is 0.356 e. The third-order valence-electron chi connectivity index (χ3n) is 4.14. The van der Waals surface area contributed by atoms with Crippen LogP contribution in [0.5, 0.6) is 11.5 Å². The zero-order valence-corrected chi connectivity index (χ0v) is 16.3. The third kappa shape index (κ3) is 5.67. The Morgan fingerprint density at radius 2 is 1.86 bits per heavy atom. The molecule has 0 saturated heterocycles. The number of ether oxygens (including phenoxy) is 2. The van der Waals surface area contributed by atoms with Gasteiger partial charge in [0, 0.05) is 0 Å². The van der Waals surface area contributed by atoms with Gasteiger partial charge in [0.05, 0.1) is 32.2 Å². The molecule has 0 aliphatic rings. The van der Waals surface area contributed by atoms with Crippen molar-refractivity contribution < 1.29 is 24.2 Å². The van der Waals surface area contributed by atoms with Crippen LogP contribution in [0.4, 0.5) is 0 Å². The summed E-state index contributed by atoms with van der Waals surface area (Å²) in [5.74, 6) is -0.385. The number of methoxy groups -OCH3 is 1. The average Bonchev–Trinajstić information content (AvgIpc) is 2.71. The Hall–Kier alpha value is -3.16. The van der Waals surface area contributed by atoms with Crippen molar-refractivity contribution in [2.24, 2.45) is 0 Å². The van der Waals surface area contributed by atoms with Crippen LogP contribution in [0.25, 0.3) is 0 Å². The summed E-state index contributed by atoms with van der Waals surface area (Å²) in [6.45, 7) is 4.59. The molecule has 0 saturated carbocycles. The van der Waals surface area contributed by atoms with Crippen molar-refractivity contribution in [1.82, 2.24) is 15.3 Å². The number of unbranched alkanes of at least 4 members (excludes halogenated alkanes) is 2. The molecule has 8 heteroatoms. The fourth-order valence-corrected chi connectivity index (χ4v) is 2.52. The van der Waals surface area contributed by atoms with E-state index in [2.05, 4.69) is 22.2 Å². The highest BCUT2D eigenvalue weighted by Crippen LogP contribution is 2.30. The Morgan fingerprint density at radius 3 is 2.46 bits per heavy atom. The highest BCUT2D eigenvalue weighted by Gasteiger charge is 2.16. The van der Waals surface area contributed by atoms with E-state index in [1.807, 2.05) is 25.1 Å². The lowest BCUT2D eigenvalue weighted by atomic mass is 10.1. The Morgan fingerprint density at radius 1 is 1.14 bits per heavy atom. The van der Waals surface area contributed by atoms with E-state index < -0.39 is 11.9 Å². The van der Waals surface area contributed by atoms with Gasteiger partial charge in [-0.1, -0.05) is 25.8 Å². The number of carbonyl (C=O) groups is 2. The van der Waals surface area contributed by atoms with Gasteiger partial charge in [-0.2, -0.15) is 0 Å². The van der Waals surface area contributed by atoms with Crippen LogP contribution in [0.1, 0.15) is 65.7 Å². The maximum absolute atomic E-state index is 12.3. The van der Waals surface area contributed by atoms with E-state index in [4.69, 9.17) is 14.6 Å². The molecule has 150 valence electrons. The number of aromatic nitrogens is 2. The molecule has 0 radical (unpaired) electrons. The molecule has 0 aliphatic carbocycles. The molecule has 1 heterocycles. The monoisotopic (exact) mass is 387 g/mol. The second kappa shape index (κ2) is 10.2. The highest BCUT2D eigenvalue weighted by molar-refractivity contribution is 5.93. The summed E-state index contributed by atoms with van der Waals surface area (Å²) >= 11 is 0. The van der Waals surface area contributed by atoms with Crippen LogP contribution in [-0.4, -0.2) is 40.7 Å². The van der Waals surface area contributed by atoms with Crippen molar-refractivity contribution in [2.75, 3.05) is 13.7 Å². The van der Waals surface area contributed by atoms with E-state index in [1.165, 1.54) is 0 Å².